The first-order chi connectivity index (χ1) is 17.5. The first kappa shape index (κ1) is 22.7. The van der Waals surface area contributed by atoms with Crippen molar-refractivity contribution in [2.75, 3.05) is 61.4 Å². The third-order valence-electron chi connectivity index (χ3n) is 6.63. The summed E-state index contributed by atoms with van der Waals surface area (Å²) >= 11 is 6.38. The Morgan fingerprint density at radius 2 is 1.78 bits per heavy atom. The summed E-state index contributed by atoms with van der Waals surface area (Å²) in [6.45, 7) is 5.07. The molecule has 2 aromatic carbocycles. The zero-order valence-electron chi connectivity index (χ0n) is 19.6. The Hall–Kier alpha value is -3.76. The number of aliphatic imine (C=N–C) groups is 1. The van der Waals surface area contributed by atoms with Gasteiger partial charge in [-0.15, -0.1) is 0 Å². The number of fused-ring (bicyclic) bond motifs is 3. The van der Waals surface area contributed by atoms with Crippen LogP contribution in [0.5, 0.6) is 0 Å². The molecule has 3 aromatic rings. The van der Waals surface area contributed by atoms with E-state index in [4.69, 9.17) is 11.6 Å². The molecule has 6 rings (SSSR count). The van der Waals surface area contributed by atoms with Crippen LogP contribution >= 0.6 is 11.6 Å². The normalized spacial score (nSPS) is 17.4. The lowest BCUT2D eigenvalue weighted by Crippen LogP contribution is -2.48. The van der Waals surface area contributed by atoms with Crippen molar-refractivity contribution in [1.82, 2.24) is 20.2 Å². The number of benzene rings is 2. The second-order valence-electron chi connectivity index (χ2n) is 8.96. The first-order valence-corrected chi connectivity index (χ1v) is 12.2. The van der Waals surface area contributed by atoms with Gasteiger partial charge in [-0.05, 0) is 43.4 Å². The minimum atomic E-state index is -0.570. The largest absolute Gasteiger partial charge is 0.369 e. The van der Waals surface area contributed by atoms with Gasteiger partial charge in [0.05, 0.1) is 22.8 Å². The molecule has 2 N–H and O–H groups in total. The predicted molar refractivity (Wildman–Crippen MR) is 139 cm³/mol. The van der Waals surface area contributed by atoms with Crippen molar-refractivity contribution in [3.05, 3.63) is 58.9 Å². The van der Waals surface area contributed by atoms with E-state index in [-0.39, 0.29) is 27.8 Å². The standard InChI is InChI=1S/C25H24ClFN8O/c1-33-11-13-34(14-12-33)16-7-5-15(6-8-16)29-24-30-21(19-17(26)3-2-4-18(19)27)20-22(31-24)35-10-9-28-25(35)32-23(20)36/h2-8H,9-14H2,1H3,(H,28,32,36)(H,29,30,31). The van der Waals surface area contributed by atoms with Crippen LogP contribution in [-0.2, 0) is 0 Å². The predicted octanol–water partition coefficient (Wildman–Crippen LogP) is 3.35. The number of amides is 1. The highest BCUT2D eigenvalue weighted by Gasteiger charge is 2.36. The van der Waals surface area contributed by atoms with Gasteiger partial charge in [-0.3, -0.25) is 20.0 Å². The molecule has 0 radical (unpaired) electrons. The lowest BCUT2D eigenvalue weighted by Gasteiger charge is -2.34. The maximum absolute atomic E-state index is 15.0. The Kier molecular flexibility index (Phi) is 5.69. The second-order valence-corrected chi connectivity index (χ2v) is 9.37. The van der Waals surface area contributed by atoms with E-state index in [1.807, 2.05) is 12.1 Å². The maximum Gasteiger partial charge on any atom is 0.263 e. The van der Waals surface area contributed by atoms with Crippen molar-refractivity contribution >= 4 is 46.6 Å². The van der Waals surface area contributed by atoms with E-state index in [2.05, 4.69) is 54.6 Å². The quantitative estimate of drug-likeness (QED) is 0.561. The number of hydrogen-bond acceptors (Lipinski definition) is 8. The van der Waals surface area contributed by atoms with Gasteiger partial charge in [-0.25, -0.2) is 9.37 Å². The Morgan fingerprint density at radius 3 is 2.53 bits per heavy atom. The first-order valence-electron chi connectivity index (χ1n) is 11.8. The van der Waals surface area contributed by atoms with Crippen LogP contribution in [0, 0.1) is 5.82 Å². The molecule has 1 saturated heterocycles. The Morgan fingerprint density at radius 1 is 1.00 bits per heavy atom. The topological polar surface area (TPSA) is 89.0 Å². The van der Waals surface area contributed by atoms with E-state index >= 15 is 0 Å². The van der Waals surface area contributed by atoms with Gasteiger partial charge in [0.2, 0.25) is 11.9 Å². The third kappa shape index (κ3) is 4.02. The fraction of sp³-hybridized carbons (Fsp3) is 0.280. The highest BCUT2D eigenvalue weighted by atomic mass is 35.5. The number of anilines is 4. The lowest BCUT2D eigenvalue weighted by atomic mass is 10.0. The van der Waals surface area contributed by atoms with Crippen molar-refractivity contribution in [1.29, 1.82) is 0 Å². The van der Waals surface area contributed by atoms with Gasteiger partial charge < -0.3 is 15.1 Å². The minimum absolute atomic E-state index is 0.0565. The summed E-state index contributed by atoms with van der Waals surface area (Å²) in [4.78, 5) is 33.1. The summed E-state index contributed by atoms with van der Waals surface area (Å²) in [5, 5.41) is 6.14. The second kappa shape index (κ2) is 9.03. The van der Waals surface area contributed by atoms with Gasteiger partial charge in [0.15, 0.2) is 5.82 Å². The Balaban J connectivity index is 1.39. The van der Waals surface area contributed by atoms with Crippen LogP contribution in [0.1, 0.15) is 10.4 Å². The maximum atomic E-state index is 15.0. The van der Waals surface area contributed by atoms with Crippen LogP contribution in [0.4, 0.5) is 27.5 Å². The van der Waals surface area contributed by atoms with Gasteiger partial charge in [0.1, 0.15) is 11.4 Å². The summed E-state index contributed by atoms with van der Waals surface area (Å²) < 4.78 is 15.0. The van der Waals surface area contributed by atoms with Crippen LogP contribution in [0.15, 0.2) is 47.5 Å². The van der Waals surface area contributed by atoms with Gasteiger partial charge in [-0.2, -0.15) is 4.98 Å². The average Bonchev–Trinajstić information content (AvgIpc) is 3.34. The fourth-order valence-electron chi connectivity index (χ4n) is 4.69. The summed E-state index contributed by atoms with van der Waals surface area (Å²) in [5.74, 6) is 0.0189. The molecule has 4 heterocycles. The molecule has 36 heavy (non-hydrogen) atoms. The number of likely N-dealkylation sites (N-methyl/N-ethyl adjacent to an activating group) is 1. The lowest BCUT2D eigenvalue weighted by molar-refractivity contribution is 0.0974. The molecule has 3 aliphatic rings. The Labute approximate surface area is 212 Å². The molecule has 3 aliphatic heterocycles. The number of carbonyl (C=O) groups is 1. The van der Waals surface area contributed by atoms with Crippen LogP contribution in [-0.4, -0.2) is 73.1 Å². The van der Waals surface area contributed by atoms with Crippen molar-refractivity contribution < 1.29 is 9.18 Å². The summed E-state index contributed by atoms with van der Waals surface area (Å²) in [7, 11) is 2.13. The molecule has 0 aliphatic carbocycles. The number of hydrogen-bond donors (Lipinski definition) is 2. The van der Waals surface area contributed by atoms with Gasteiger partial charge in [0.25, 0.3) is 5.91 Å². The van der Waals surface area contributed by atoms with Gasteiger partial charge in [-0.1, -0.05) is 17.7 Å². The monoisotopic (exact) mass is 506 g/mol. The van der Waals surface area contributed by atoms with Crippen molar-refractivity contribution in [2.45, 2.75) is 0 Å². The van der Waals surface area contributed by atoms with Crippen LogP contribution in [0.25, 0.3) is 11.3 Å². The molecule has 9 nitrogen and oxygen atoms in total. The van der Waals surface area contributed by atoms with Crippen molar-refractivity contribution in [3.8, 4) is 11.3 Å². The molecule has 1 fully saturated rings. The van der Waals surface area contributed by atoms with E-state index in [0.717, 1.165) is 37.6 Å². The van der Waals surface area contributed by atoms with Crippen molar-refractivity contribution in [2.24, 2.45) is 4.99 Å². The van der Waals surface area contributed by atoms with E-state index in [0.29, 0.717) is 24.9 Å². The number of piperazine rings is 1. The van der Waals surface area contributed by atoms with Crippen LogP contribution < -0.4 is 20.4 Å². The highest BCUT2D eigenvalue weighted by molar-refractivity contribution is 6.33. The average molecular weight is 507 g/mol. The minimum Gasteiger partial charge on any atom is -0.369 e. The van der Waals surface area contributed by atoms with E-state index < -0.39 is 11.7 Å². The molecule has 0 spiro atoms. The number of aromatic nitrogens is 2. The molecule has 0 bridgehead atoms. The van der Waals surface area contributed by atoms with Crippen LogP contribution in [0.3, 0.4) is 0 Å². The van der Waals surface area contributed by atoms with Crippen LogP contribution in [0.2, 0.25) is 5.02 Å². The van der Waals surface area contributed by atoms with Gasteiger partial charge in [0, 0.05) is 44.1 Å². The number of guanidine groups is 1. The van der Waals surface area contributed by atoms with E-state index in [1.54, 1.807) is 11.0 Å². The molecular weight excluding hydrogens is 483 g/mol. The number of halogens is 2. The summed E-state index contributed by atoms with van der Waals surface area (Å²) in [5.41, 5.74) is 2.27. The molecule has 1 amide bonds. The summed E-state index contributed by atoms with van der Waals surface area (Å²) in [6.07, 6.45) is 0. The molecule has 1 aromatic heterocycles. The van der Waals surface area contributed by atoms with E-state index in [9.17, 15) is 9.18 Å². The van der Waals surface area contributed by atoms with Crippen molar-refractivity contribution in [3.63, 3.8) is 0 Å². The van der Waals surface area contributed by atoms with Gasteiger partial charge >= 0.3 is 0 Å². The molecule has 0 saturated carbocycles. The molecule has 0 unspecified atom stereocenters. The molecular formula is C25H24ClFN8O. The number of carbonyl (C=O) groups excluding carboxylic acids is 1. The zero-order chi connectivity index (χ0) is 24.8. The Bertz CT molecular complexity index is 1350. The number of rotatable bonds is 4. The van der Waals surface area contributed by atoms with E-state index in [1.165, 1.54) is 12.1 Å². The summed E-state index contributed by atoms with van der Waals surface area (Å²) in [6, 6.07) is 12.4. The SMILES string of the molecule is CN1CCN(c2ccc(Nc3nc(-c4c(F)cccc4Cl)c4c(n3)N3CCN=C3NC4=O)cc2)CC1. The third-order valence-corrected chi connectivity index (χ3v) is 6.95. The number of nitrogens with zero attached hydrogens (tertiary/aromatic N) is 6. The fourth-order valence-corrected chi connectivity index (χ4v) is 4.94. The number of nitrogens with one attached hydrogen (secondary N) is 2. The highest BCUT2D eigenvalue weighted by Crippen LogP contribution is 2.38. The smallest absolute Gasteiger partial charge is 0.263 e. The zero-order valence-corrected chi connectivity index (χ0v) is 20.4. The molecule has 184 valence electrons. The molecule has 11 heteroatoms. The molecule has 0 atom stereocenters.